The fraction of sp³-hybridized carbons (Fsp3) is 0.733. The van der Waals surface area contributed by atoms with Crippen LogP contribution in [0.5, 0.6) is 0 Å². The van der Waals surface area contributed by atoms with Crippen molar-refractivity contribution in [3.63, 3.8) is 0 Å². The molecular formula is C15H27IN4S. The van der Waals surface area contributed by atoms with Gasteiger partial charge in [0.25, 0.3) is 0 Å². The van der Waals surface area contributed by atoms with E-state index in [1.807, 2.05) is 0 Å². The molecule has 1 aliphatic rings. The molecule has 120 valence electrons. The Morgan fingerprint density at radius 2 is 2.14 bits per heavy atom. The third-order valence-corrected chi connectivity index (χ3v) is 4.54. The highest BCUT2D eigenvalue weighted by Gasteiger charge is 2.33. The Balaban J connectivity index is 0.00000220. The van der Waals surface area contributed by atoms with E-state index in [9.17, 15) is 0 Å². The van der Waals surface area contributed by atoms with Crippen molar-refractivity contribution in [1.29, 1.82) is 0 Å². The molecule has 2 rings (SSSR count). The maximum atomic E-state index is 4.71. The molecule has 4 nitrogen and oxygen atoms in total. The second-order valence-corrected chi connectivity index (χ2v) is 7.15. The first-order chi connectivity index (χ1) is 9.51. The van der Waals surface area contributed by atoms with Gasteiger partial charge in [0.2, 0.25) is 0 Å². The van der Waals surface area contributed by atoms with Crippen LogP contribution in [-0.2, 0) is 6.54 Å². The summed E-state index contributed by atoms with van der Waals surface area (Å²) in [6, 6.07) is 0.594. The van der Waals surface area contributed by atoms with E-state index in [2.05, 4.69) is 50.2 Å². The number of aliphatic imine (C=N–C) groups is 1. The van der Waals surface area contributed by atoms with Gasteiger partial charge in [0.15, 0.2) is 5.96 Å². The molecule has 2 unspecified atom stereocenters. The summed E-state index contributed by atoms with van der Waals surface area (Å²) >= 11 is 1.76. The summed E-state index contributed by atoms with van der Waals surface area (Å²) in [7, 11) is 0. The van der Waals surface area contributed by atoms with Crippen LogP contribution in [0.15, 0.2) is 4.99 Å². The van der Waals surface area contributed by atoms with Crippen LogP contribution in [-0.4, -0.2) is 23.5 Å². The topological polar surface area (TPSA) is 49.3 Å². The fourth-order valence-corrected chi connectivity index (χ4v) is 3.25. The highest BCUT2D eigenvalue weighted by Crippen LogP contribution is 2.29. The Bertz CT molecular complexity index is 484. The van der Waals surface area contributed by atoms with Crippen LogP contribution in [0.4, 0.5) is 0 Å². The summed E-state index contributed by atoms with van der Waals surface area (Å²) in [4.78, 5) is 10.7. The lowest BCUT2D eigenvalue weighted by Crippen LogP contribution is -2.39. The molecule has 0 radical (unpaired) electrons. The van der Waals surface area contributed by atoms with Gasteiger partial charge in [-0.2, -0.15) is 0 Å². The number of aromatic nitrogens is 1. The minimum Gasteiger partial charge on any atom is -0.357 e. The third kappa shape index (κ3) is 5.39. The van der Waals surface area contributed by atoms with E-state index in [1.165, 1.54) is 17.0 Å². The van der Waals surface area contributed by atoms with Crippen molar-refractivity contribution in [3.05, 3.63) is 15.6 Å². The zero-order chi connectivity index (χ0) is 14.7. The third-order valence-electron chi connectivity index (χ3n) is 3.57. The second kappa shape index (κ2) is 8.31. The van der Waals surface area contributed by atoms with Crippen molar-refractivity contribution in [1.82, 2.24) is 15.6 Å². The van der Waals surface area contributed by atoms with E-state index in [0.717, 1.165) is 23.4 Å². The minimum absolute atomic E-state index is 0. The predicted molar refractivity (Wildman–Crippen MR) is 102 cm³/mol. The van der Waals surface area contributed by atoms with Crippen molar-refractivity contribution in [3.8, 4) is 0 Å². The summed E-state index contributed by atoms with van der Waals surface area (Å²) in [5.41, 5.74) is 1.22. The van der Waals surface area contributed by atoms with Crippen LogP contribution in [0.1, 0.15) is 55.6 Å². The first-order valence-corrected chi connectivity index (χ1v) is 8.34. The van der Waals surface area contributed by atoms with Gasteiger partial charge in [-0.15, -0.1) is 35.3 Å². The Kier molecular flexibility index (Phi) is 7.39. The number of aryl methyl sites for hydroxylation is 1. The Hall–Kier alpha value is -0.370. The molecule has 21 heavy (non-hydrogen) atoms. The first-order valence-electron chi connectivity index (χ1n) is 7.52. The number of rotatable bonds is 5. The van der Waals surface area contributed by atoms with E-state index < -0.39 is 0 Å². The summed E-state index contributed by atoms with van der Waals surface area (Å²) in [5.74, 6) is 2.18. The van der Waals surface area contributed by atoms with Gasteiger partial charge in [-0.05, 0) is 32.1 Å². The molecule has 0 aliphatic heterocycles. The highest BCUT2D eigenvalue weighted by molar-refractivity contribution is 14.0. The number of thiazole rings is 1. The molecule has 2 N–H and O–H groups in total. The van der Waals surface area contributed by atoms with Crippen LogP contribution in [0.2, 0.25) is 0 Å². The maximum Gasteiger partial charge on any atom is 0.191 e. The molecule has 6 heteroatoms. The van der Waals surface area contributed by atoms with Gasteiger partial charge in [0.1, 0.15) is 5.01 Å². The van der Waals surface area contributed by atoms with E-state index in [-0.39, 0.29) is 24.0 Å². The van der Waals surface area contributed by atoms with Gasteiger partial charge < -0.3 is 10.6 Å². The van der Waals surface area contributed by atoms with E-state index in [4.69, 9.17) is 4.98 Å². The van der Waals surface area contributed by atoms with E-state index >= 15 is 0 Å². The molecular weight excluding hydrogens is 395 g/mol. The maximum absolute atomic E-state index is 4.71. The van der Waals surface area contributed by atoms with Crippen LogP contribution in [0.3, 0.4) is 0 Å². The van der Waals surface area contributed by atoms with Crippen molar-refractivity contribution >= 4 is 41.3 Å². The van der Waals surface area contributed by atoms with Crippen molar-refractivity contribution in [2.24, 2.45) is 10.9 Å². The minimum atomic E-state index is 0. The number of nitrogens with one attached hydrogen (secondary N) is 2. The molecule has 1 heterocycles. The molecule has 1 aromatic heterocycles. The van der Waals surface area contributed by atoms with Gasteiger partial charge in [0, 0.05) is 17.5 Å². The molecule has 1 aromatic rings. The van der Waals surface area contributed by atoms with Crippen LogP contribution < -0.4 is 10.6 Å². The summed E-state index contributed by atoms with van der Waals surface area (Å²) < 4.78 is 0. The zero-order valence-corrected chi connectivity index (χ0v) is 16.7. The SMILES string of the molecule is CCNC(=NCc1nc(C(C)C)c(C)s1)NC1CC1C.I. The van der Waals surface area contributed by atoms with Crippen LogP contribution >= 0.6 is 35.3 Å². The predicted octanol–water partition coefficient (Wildman–Crippen LogP) is 3.66. The lowest BCUT2D eigenvalue weighted by Gasteiger charge is -2.10. The van der Waals surface area contributed by atoms with Crippen molar-refractivity contribution in [2.75, 3.05) is 6.54 Å². The van der Waals surface area contributed by atoms with Gasteiger partial charge in [-0.25, -0.2) is 9.98 Å². The lowest BCUT2D eigenvalue weighted by molar-refractivity contribution is 0.764. The Morgan fingerprint density at radius 1 is 1.48 bits per heavy atom. The average molecular weight is 422 g/mol. The molecule has 0 saturated heterocycles. The van der Waals surface area contributed by atoms with E-state index in [0.29, 0.717) is 18.5 Å². The first kappa shape index (κ1) is 18.7. The number of hydrogen-bond acceptors (Lipinski definition) is 3. The summed E-state index contributed by atoms with van der Waals surface area (Å²) in [6.07, 6.45) is 1.25. The average Bonchev–Trinajstić information content (AvgIpc) is 2.93. The molecule has 0 bridgehead atoms. The molecule has 0 aromatic carbocycles. The smallest absolute Gasteiger partial charge is 0.191 e. The highest BCUT2D eigenvalue weighted by atomic mass is 127. The number of guanidine groups is 1. The quantitative estimate of drug-likeness (QED) is 0.433. The molecule has 0 spiro atoms. The van der Waals surface area contributed by atoms with Gasteiger partial charge in [-0.3, -0.25) is 0 Å². The molecule has 1 saturated carbocycles. The van der Waals surface area contributed by atoms with Crippen LogP contribution in [0, 0.1) is 12.8 Å². The number of halogens is 1. The van der Waals surface area contributed by atoms with Gasteiger partial charge >= 0.3 is 0 Å². The summed E-state index contributed by atoms with van der Waals surface area (Å²) in [5, 5.41) is 7.88. The Morgan fingerprint density at radius 3 is 2.62 bits per heavy atom. The molecule has 0 amide bonds. The lowest BCUT2D eigenvalue weighted by atomic mass is 10.1. The number of nitrogens with zero attached hydrogens (tertiary/aromatic N) is 2. The Labute approximate surface area is 149 Å². The second-order valence-electron chi connectivity index (χ2n) is 5.86. The summed E-state index contributed by atoms with van der Waals surface area (Å²) in [6.45, 7) is 12.4. The molecule has 1 aliphatic carbocycles. The van der Waals surface area contributed by atoms with Gasteiger partial charge in [-0.1, -0.05) is 20.8 Å². The van der Waals surface area contributed by atoms with Crippen LogP contribution in [0.25, 0.3) is 0 Å². The molecule has 2 atom stereocenters. The standard InChI is InChI=1S/C15H26N4S.HI/c1-6-16-15(18-12-7-10(12)4)17-8-13-19-14(9(2)3)11(5)20-13;/h9-10,12H,6-8H2,1-5H3,(H2,16,17,18);1H. The van der Waals surface area contributed by atoms with E-state index in [1.54, 1.807) is 11.3 Å². The fourth-order valence-electron chi connectivity index (χ4n) is 2.23. The number of hydrogen-bond donors (Lipinski definition) is 2. The monoisotopic (exact) mass is 422 g/mol. The zero-order valence-electron chi connectivity index (χ0n) is 13.6. The largest absolute Gasteiger partial charge is 0.357 e. The molecule has 1 fully saturated rings. The van der Waals surface area contributed by atoms with Gasteiger partial charge in [0.05, 0.1) is 12.2 Å². The van der Waals surface area contributed by atoms with Crippen molar-refractivity contribution < 1.29 is 0 Å². The normalized spacial score (nSPS) is 21.1. The van der Waals surface area contributed by atoms with Crippen molar-refractivity contribution in [2.45, 2.75) is 59.5 Å².